The average Bonchev–Trinajstić information content (AvgIpc) is 3.80. The topological polar surface area (TPSA) is 39.9 Å². The van der Waals surface area contributed by atoms with E-state index >= 15 is 0 Å². The third-order valence-corrected chi connectivity index (χ3v) is 12.3. The van der Waals surface area contributed by atoms with Gasteiger partial charge in [0.1, 0.15) is 17.5 Å². The van der Waals surface area contributed by atoms with Crippen molar-refractivity contribution in [2.45, 2.75) is 12.0 Å². The van der Waals surface area contributed by atoms with Crippen LogP contribution in [0.1, 0.15) is 11.5 Å². The van der Waals surface area contributed by atoms with E-state index < -0.39 is 0 Å². The van der Waals surface area contributed by atoms with Crippen molar-refractivity contribution in [2.75, 3.05) is 0 Å². The third kappa shape index (κ3) is 4.02. The van der Waals surface area contributed by atoms with Crippen LogP contribution in [0.5, 0.6) is 5.75 Å². The summed E-state index contributed by atoms with van der Waals surface area (Å²) in [5.74, 6) is 1.78. The molecule has 1 aliphatic carbocycles. The van der Waals surface area contributed by atoms with Crippen molar-refractivity contribution in [1.82, 2.24) is 14.5 Å². The Bertz CT molecular complexity index is 3560. The minimum Gasteiger partial charge on any atom is -0.485 e. The maximum atomic E-state index is 6.58. The molecule has 2 aliphatic rings. The molecule has 0 N–H and O–H groups in total. The maximum absolute atomic E-state index is 6.58. The highest BCUT2D eigenvalue weighted by Gasteiger charge is 2.36. The molecule has 0 bridgehead atoms. The van der Waals surface area contributed by atoms with Crippen molar-refractivity contribution in [2.24, 2.45) is 0 Å². The molecule has 4 heteroatoms. The Kier molecular flexibility index (Phi) is 5.97. The molecule has 0 amide bonds. The summed E-state index contributed by atoms with van der Waals surface area (Å²) in [6.07, 6.45) is 8.58. The quantitative estimate of drug-likeness (QED) is 0.167. The SMILES string of the molecule is C1=CC2Oc3cccc(-c4nc5c(ccc6ccccc65)nc4-n4c5cc6ccccc6cc5c5c6c7ccccc7c7ccccc7c6ccc54)c3C2C=C1. The molecule has 2 unspecified atom stereocenters. The van der Waals surface area contributed by atoms with Crippen LogP contribution in [-0.4, -0.2) is 20.6 Å². The monoisotopic (exact) mass is 713 g/mol. The van der Waals surface area contributed by atoms with Gasteiger partial charge < -0.3 is 4.74 Å². The van der Waals surface area contributed by atoms with Gasteiger partial charge in [-0.3, -0.25) is 4.57 Å². The summed E-state index contributed by atoms with van der Waals surface area (Å²) < 4.78 is 8.97. The number of rotatable bonds is 2. The van der Waals surface area contributed by atoms with Crippen molar-refractivity contribution in [3.05, 3.63) is 182 Å². The van der Waals surface area contributed by atoms with E-state index in [9.17, 15) is 0 Å². The molecule has 13 rings (SSSR count). The van der Waals surface area contributed by atoms with E-state index in [1.165, 1.54) is 53.9 Å². The van der Waals surface area contributed by atoms with Crippen LogP contribution in [0.25, 0.3) is 104 Å². The zero-order valence-corrected chi connectivity index (χ0v) is 30.1. The fraction of sp³-hybridized carbons (Fsp3) is 0.0385. The van der Waals surface area contributed by atoms with Crippen LogP contribution in [-0.2, 0) is 0 Å². The van der Waals surface area contributed by atoms with Crippen molar-refractivity contribution >= 4 is 86.7 Å². The van der Waals surface area contributed by atoms with Gasteiger partial charge in [-0.15, -0.1) is 0 Å². The molecule has 56 heavy (non-hydrogen) atoms. The highest BCUT2D eigenvalue weighted by molar-refractivity contribution is 6.35. The number of allylic oxidation sites excluding steroid dienone is 2. The van der Waals surface area contributed by atoms with Gasteiger partial charge in [-0.2, -0.15) is 0 Å². The lowest BCUT2D eigenvalue weighted by molar-refractivity contribution is 0.269. The van der Waals surface area contributed by atoms with Crippen molar-refractivity contribution < 1.29 is 4.74 Å². The zero-order chi connectivity index (χ0) is 36.5. The van der Waals surface area contributed by atoms with E-state index in [4.69, 9.17) is 14.7 Å². The highest BCUT2D eigenvalue weighted by atomic mass is 16.5. The van der Waals surface area contributed by atoms with Gasteiger partial charge in [0.15, 0.2) is 5.82 Å². The van der Waals surface area contributed by atoms with Crippen molar-refractivity contribution in [1.29, 1.82) is 0 Å². The van der Waals surface area contributed by atoms with Crippen LogP contribution < -0.4 is 4.74 Å². The molecule has 0 saturated carbocycles. The van der Waals surface area contributed by atoms with Crippen LogP contribution in [0.2, 0.25) is 0 Å². The number of benzene rings is 9. The number of hydrogen-bond donors (Lipinski definition) is 0. The predicted molar refractivity (Wildman–Crippen MR) is 232 cm³/mol. The number of ether oxygens (including phenoxy) is 1. The minimum absolute atomic E-state index is 0.0529. The predicted octanol–water partition coefficient (Wildman–Crippen LogP) is 13.1. The van der Waals surface area contributed by atoms with Gasteiger partial charge in [-0.05, 0) is 79.5 Å². The molecule has 0 spiro atoms. The Labute approximate surface area is 321 Å². The van der Waals surface area contributed by atoms with Gasteiger partial charge in [0.05, 0.1) is 22.1 Å². The molecule has 3 heterocycles. The van der Waals surface area contributed by atoms with Gasteiger partial charge in [0.25, 0.3) is 0 Å². The van der Waals surface area contributed by atoms with E-state index in [1.807, 2.05) is 0 Å². The summed E-state index contributed by atoms with van der Waals surface area (Å²) >= 11 is 0. The third-order valence-electron chi connectivity index (χ3n) is 12.3. The number of aromatic nitrogens is 3. The smallest absolute Gasteiger partial charge is 0.165 e. The van der Waals surface area contributed by atoms with E-state index in [1.54, 1.807) is 0 Å². The van der Waals surface area contributed by atoms with Crippen LogP contribution in [0.4, 0.5) is 0 Å². The number of nitrogens with zero attached hydrogens (tertiary/aromatic N) is 3. The fourth-order valence-electron chi connectivity index (χ4n) is 9.84. The van der Waals surface area contributed by atoms with Gasteiger partial charge in [0.2, 0.25) is 0 Å². The van der Waals surface area contributed by atoms with E-state index in [-0.39, 0.29) is 12.0 Å². The summed E-state index contributed by atoms with van der Waals surface area (Å²) in [4.78, 5) is 11.4. The van der Waals surface area contributed by atoms with E-state index in [2.05, 4.69) is 181 Å². The molecular formula is C52H31N3O. The first kappa shape index (κ1) is 30.1. The summed E-state index contributed by atoms with van der Waals surface area (Å²) in [5, 5.41) is 14.6. The maximum Gasteiger partial charge on any atom is 0.165 e. The Hall–Kier alpha value is -7.30. The normalized spacial score (nSPS) is 16.2. The lowest BCUT2D eigenvalue weighted by Crippen LogP contribution is -2.16. The summed E-state index contributed by atoms with van der Waals surface area (Å²) in [7, 11) is 0. The lowest BCUT2D eigenvalue weighted by atomic mass is 9.87. The molecule has 1 aliphatic heterocycles. The van der Waals surface area contributed by atoms with Crippen LogP contribution in [0.15, 0.2) is 176 Å². The fourth-order valence-corrected chi connectivity index (χ4v) is 9.84. The standard InChI is InChI=1S/C52H31N3O/c1-2-14-32-29-44-41(28-31(32)13-1)49-43(27-25-38-36-18-6-5-16-34(36)35-17-7-8-19-37(35)48(38)49)55(44)52-51(54-50-33-15-4-3-12-30(33)24-26-42(50)53-52)40-21-11-23-46-47(40)39-20-9-10-22-45(39)56-46/h1-29,39,45H. The van der Waals surface area contributed by atoms with E-state index in [0.29, 0.717) is 0 Å². The lowest BCUT2D eigenvalue weighted by Gasteiger charge is -2.19. The minimum atomic E-state index is -0.0529. The second-order valence-electron chi connectivity index (χ2n) is 15.2. The molecule has 260 valence electrons. The average molecular weight is 714 g/mol. The summed E-state index contributed by atoms with van der Waals surface area (Å²) in [6, 6.07) is 54.9. The Balaban J connectivity index is 1.24. The summed E-state index contributed by atoms with van der Waals surface area (Å²) in [5.41, 5.74) is 6.99. The molecular weight excluding hydrogens is 683 g/mol. The van der Waals surface area contributed by atoms with Gasteiger partial charge >= 0.3 is 0 Å². The van der Waals surface area contributed by atoms with E-state index in [0.717, 1.165) is 61.2 Å². The first-order valence-electron chi connectivity index (χ1n) is 19.3. The largest absolute Gasteiger partial charge is 0.485 e. The van der Waals surface area contributed by atoms with Gasteiger partial charge in [-0.25, -0.2) is 9.97 Å². The highest BCUT2D eigenvalue weighted by Crippen LogP contribution is 2.49. The van der Waals surface area contributed by atoms with Crippen molar-refractivity contribution in [3.8, 4) is 22.8 Å². The summed E-state index contributed by atoms with van der Waals surface area (Å²) in [6.45, 7) is 0. The molecule has 4 nitrogen and oxygen atoms in total. The van der Waals surface area contributed by atoms with Gasteiger partial charge in [0, 0.05) is 38.6 Å². The molecule has 2 aromatic heterocycles. The first-order chi connectivity index (χ1) is 27.8. The Morgan fingerprint density at radius 3 is 1.98 bits per heavy atom. The molecule has 0 saturated heterocycles. The first-order valence-corrected chi connectivity index (χ1v) is 19.3. The van der Waals surface area contributed by atoms with Crippen molar-refractivity contribution in [3.63, 3.8) is 0 Å². The molecule has 9 aromatic carbocycles. The van der Waals surface area contributed by atoms with Crippen LogP contribution >= 0.6 is 0 Å². The molecule has 2 atom stereocenters. The second-order valence-corrected chi connectivity index (χ2v) is 15.2. The molecule has 11 aromatic rings. The Morgan fingerprint density at radius 1 is 0.482 bits per heavy atom. The second kappa shape index (κ2) is 11.1. The molecule has 0 fully saturated rings. The molecule has 0 radical (unpaired) electrons. The Morgan fingerprint density at radius 2 is 1.16 bits per heavy atom. The zero-order valence-electron chi connectivity index (χ0n) is 30.1. The van der Waals surface area contributed by atoms with Crippen LogP contribution in [0.3, 0.4) is 0 Å². The number of hydrogen-bond acceptors (Lipinski definition) is 3. The van der Waals surface area contributed by atoms with Crippen LogP contribution in [0, 0.1) is 0 Å². The number of fused-ring (bicyclic) bond motifs is 17. The van der Waals surface area contributed by atoms with Gasteiger partial charge in [-0.1, -0.05) is 140 Å².